The molecule has 7 heteroatoms. The Morgan fingerprint density at radius 1 is 1.11 bits per heavy atom. The van der Waals surface area contributed by atoms with Crippen LogP contribution < -0.4 is 10.6 Å². The van der Waals surface area contributed by atoms with Gasteiger partial charge in [0.25, 0.3) is 0 Å². The fraction of sp³-hybridized carbons (Fsp3) is 0.571. The molecular weight excluding hydrogens is 374 g/mol. The zero-order chi connectivity index (χ0) is 20.0. The number of aliphatic hydroxyl groups is 1. The van der Waals surface area contributed by atoms with Crippen LogP contribution in [0.5, 0.6) is 0 Å². The maximum absolute atomic E-state index is 10.5. The van der Waals surface area contributed by atoms with Crippen molar-refractivity contribution in [2.75, 3.05) is 46.1 Å². The zero-order valence-corrected chi connectivity index (χ0v) is 17.8. The van der Waals surface area contributed by atoms with E-state index in [1.807, 2.05) is 25.1 Å². The van der Waals surface area contributed by atoms with Crippen molar-refractivity contribution in [1.82, 2.24) is 10.6 Å². The lowest BCUT2D eigenvalue weighted by Crippen LogP contribution is -2.39. The lowest BCUT2D eigenvalue weighted by Gasteiger charge is -2.13. The molecule has 2 rings (SSSR count). The predicted octanol–water partition coefficient (Wildman–Crippen LogP) is 3.32. The second kappa shape index (κ2) is 13.5. The average molecular weight is 408 g/mol. The fourth-order valence-electron chi connectivity index (χ4n) is 2.59. The Balaban J connectivity index is 1.70. The molecule has 0 fully saturated rings. The number of nitrogens with zero attached hydrogens (tertiary/aromatic N) is 1. The SMILES string of the molecule is CCCCOCCOCCNC(=NCC(O)c1cc2ccccc2s1)NCC. The van der Waals surface area contributed by atoms with Crippen molar-refractivity contribution in [2.45, 2.75) is 32.8 Å². The largest absolute Gasteiger partial charge is 0.386 e. The minimum Gasteiger partial charge on any atom is -0.386 e. The van der Waals surface area contributed by atoms with E-state index in [1.165, 1.54) is 4.70 Å². The summed E-state index contributed by atoms with van der Waals surface area (Å²) in [5, 5.41) is 18.1. The molecule has 0 aliphatic carbocycles. The van der Waals surface area contributed by atoms with Crippen LogP contribution in [0.25, 0.3) is 10.1 Å². The molecule has 1 unspecified atom stereocenters. The molecule has 0 saturated heterocycles. The number of hydrogen-bond acceptors (Lipinski definition) is 5. The number of nitrogens with one attached hydrogen (secondary N) is 2. The molecular formula is C21H33N3O3S. The Hall–Kier alpha value is -1.67. The van der Waals surface area contributed by atoms with Gasteiger partial charge in [0, 0.05) is 29.3 Å². The lowest BCUT2D eigenvalue weighted by atomic mass is 10.2. The molecule has 28 heavy (non-hydrogen) atoms. The molecule has 1 aromatic heterocycles. The fourth-order valence-corrected chi connectivity index (χ4v) is 3.63. The van der Waals surface area contributed by atoms with Gasteiger partial charge < -0.3 is 25.2 Å². The second-order valence-electron chi connectivity index (χ2n) is 6.43. The Kier molecular flexibility index (Phi) is 10.9. The smallest absolute Gasteiger partial charge is 0.191 e. The molecule has 1 heterocycles. The molecule has 0 spiro atoms. The summed E-state index contributed by atoms with van der Waals surface area (Å²) >= 11 is 1.61. The number of thiophene rings is 1. The third kappa shape index (κ3) is 8.14. The molecule has 0 aliphatic heterocycles. The third-order valence-corrected chi connectivity index (χ3v) is 5.31. The molecule has 0 radical (unpaired) electrons. The summed E-state index contributed by atoms with van der Waals surface area (Å²) in [7, 11) is 0. The van der Waals surface area contributed by atoms with Gasteiger partial charge in [0.05, 0.1) is 26.4 Å². The summed E-state index contributed by atoms with van der Waals surface area (Å²) in [6.45, 7) is 8.52. The number of aliphatic hydroxyl groups excluding tert-OH is 1. The average Bonchev–Trinajstić information content (AvgIpc) is 3.15. The van der Waals surface area contributed by atoms with Crippen LogP contribution in [0, 0.1) is 0 Å². The van der Waals surface area contributed by atoms with Crippen LogP contribution in [0.2, 0.25) is 0 Å². The van der Waals surface area contributed by atoms with E-state index < -0.39 is 6.10 Å². The van der Waals surface area contributed by atoms with Crippen molar-refractivity contribution in [1.29, 1.82) is 0 Å². The Labute approximate surface area is 172 Å². The van der Waals surface area contributed by atoms with E-state index in [-0.39, 0.29) is 0 Å². The molecule has 0 amide bonds. The van der Waals surface area contributed by atoms with E-state index in [1.54, 1.807) is 11.3 Å². The van der Waals surface area contributed by atoms with Crippen molar-refractivity contribution >= 4 is 27.4 Å². The summed E-state index contributed by atoms with van der Waals surface area (Å²) in [4.78, 5) is 5.44. The van der Waals surface area contributed by atoms with E-state index in [4.69, 9.17) is 9.47 Å². The van der Waals surface area contributed by atoms with Crippen molar-refractivity contribution in [3.05, 3.63) is 35.2 Å². The molecule has 1 atom stereocenters. The van der Waals surface area contributed by atoms with Crippen LogP contribution in [0.4, 0.5) is 0 Å². The number of unbranched alkanes of at least 4 members (excludes halogenated alkanes) is 1. The first-order valence-electron chi connectivity index (χ1n) is 10.1. The molecule has 6 nitrogen and oxygen atoms in total. The molecule has 1 aromatic carbocycles. The van der Waals surface area contributed by atoms with Gasteiger partial charge in [-0.2, -0.15) is 0 Å². The highest BCUT2D eigenvalue weighted by Crippen LogP contribution is 2.29. The van der Waals surface area contributed by atoms with E-state index in [0.717, 1.165) is 36.3 Å². The van der Waals surface area contributed by atoms with Crippen LogP contribution in [0.1, 0.15) is 37.7 Å². The Bertz CT molecular complexity index is 672. The quantitative estimate of drug-likeness (QED) is 0.270. The molecule has 2 aromatic rings. The Morgan fingerprint density at radius 2 is 1.89 bits per heavy atom. The third-order valence-electron chi connectivity index (χ3n) is 4.09. The highest BCUT2D eigenvalue weighted by atomic mass is 32.1. The van der Waals surface area contributed by atoms with Gasteiger partial charge in [0.15, 0.2) is 5.96 Å². The number of benzene rings is 1. The maximum Gasteiger partial charge on any atom is 0.191 e. The van der Waals surface area contributed by atoms with Crippen LogP contribution >= 0.6 is 11.3 Å². The van der Waals surface area contributed by atoms with E-state index >= 15 is 0 Å². The number of fused-ring (bicyclic) bond motifs is 1. The number of ether oxygens (including phenoxy) is 2. The van der Waals surface area contributed by atoms with Gasteiger partial charge >= 0.3 is 0 Å². The van der Waals surface area contributed by atoms with Crippen LogP contribution in [-0.2, 0) is 9.47 Å². The zero-order valence-electron chi connectivity index (χ0n) is 16.9. The van der Waals surface area contributed by atoms with Gasteiger partial charge in [-0.05, 0) is 30.9 Å². The van der Waals surface area contributed by atoms with E-state index in [0.29, 0.717) is 38.9 Å². The molecule has 0 bridgehead atoms. The lowest BCUT2D eigenvalue weighted by molar-refractivity contribution is 0.0487. The van der Waals surface area contributed by atoms with E-state index in [2.05, 4.69) is 34.7 Å². The minimum atomic E-state index is -0.607. The number of rotatable bonds is 13. The summed E-state index contributed by atoms with van der Waals surface area (Å²) in [5.74, 6) is 0.686. The minimum absolute atomic E-state index is 0.314. The number of aliphatic imine (C=N–C) groups is 1. The van der Waals surface area contributed by atoms with Crippen molar-refractivity contribution in [2.24, 2.45) is 4.99 Å². The first-order chi connectivity index (χ1) is 13.7. The summed E-state index contributed by atoms with van der Waals surface area (Å²) < 4.78 is 12.2. The first-order valence-corrected chi connectivity index (χ1v) is 10.9. The highest BCUT2D eigenvalue weighted by Gasteiger charge is 2.11. The first kappa shape index (κ1) is 22.6. The van der Waals surface area contributed by atoms with E-state index in [9.17, 15) is 5.11 Å². The van der Waals surface area contributed by atoms with Crippen LogP contribution in [0.15, 0.2) is 35.3 Å². The summed E-state index contributed by atoms with van der Waals surface area (Å²) in [6.07, 6.45) is 1.64. The predicted molar refractivity (Wildman–Crippen MR) is 117 cm³/mol. The monoisotopic (exact) mass is 407 g/mol. The molecule has 0 saturated carbocycles. The summed E-state index contributed by atoms with van der Waals surface area (Å²) in [6, 6.07) is 10.2. The van der Waals surface area contributed by atoms with Gasteiger partial charge in [0.1, 0.15) is 6.10 Å². The van der Waals surface area contributed by atoms with Gasteiger partial charge in [-0.15, -0.1) is 11.3 Å². The van der Waals surface area contributed by atoms with Gasteiger partial charge in [-0.25, -0.2) is 0 Å². The molecule has 156 valence electrons. The topological polar surface area (TPSA) is 75.1 Å². The Morgan fingerprint density at radius 3 is 2.64 bits per heavy atom. The van der Waals surface area contributed by atoms with Crippen molar-refractivity contribution < 1.29 is 14.6 Å². The molecule has 3 N–H and O–H groups in total. The highest BCUT2D eigenvalue weighted by molar-refractivity contribution is 7.19. The van der Waals surface area contributed by atoms with Gasteiger partial charge in [-0.1, -0.05) is 31.5 Å². The standard InChI is InChI=1S/C21H33N3O3S/c1-3-5-11-26-13-14-27-12-10-23-21(22-4-2)24-16-18(25)20-15-17-8-6-7-9-19(17)28-20/h6-9,15,18,25H,3-5,10-14,16H2,1-2H3,(H2,22,23,24). The number of hydrogen-bond donors (Lipinski definition) is 3. The van der Waals surface area contributed by atoms with Crippen molar-refractivity contribution in [3.63, 3.8) is 0 Å². The van der Waals surface area contributed by atoms with Crippen LogP contribution in [-0.4, -0.2) is 57.1 Å². The maximum atomic E-state index is 10.5. The molecule has 0 aliphatic rings. The van der Waals surface area contributed by atoms with Gasteiger partial charge in [-0.3, -0.25) is 4.99 Å². The van der Waals surface area contributed by atoms with Crippen LogP contribution in [0.3, 0.4) is 0 Å². The van der Waals surface area contributed by atoms with Gasteiger partial charge in [0.2, 0.25) is 0 Å². The second-order valence-corrected chi connectivity index (χ2v) is 7.54. The normalized spacial score (nSPS) is 13.0. The summed E-state index contributed by atoms with van der Waals surface area (Å²) in [5.41, 5.74) is 0. The number of guanidine groups is 1. The van der Waals surface area contributed by atoms with Crippen molar-refractivity contribution in [3.8, 4) is 0 Å².